The molecule has 0 N–H and O–H groups in total. The van der Waals surface area contributed by atoms with Gasteiger partial charge in [-0.15, -0.1) is 0 Å². The van der Waals surface area contributed by atoms with Crippen molar-refractivity contribution in [2.24, 2.45) is 5.41 Å². The number of methoxy groups -OCH3 is 1. The van der Waals surface area contributed by atoms with Gasteiger partial charge < -0.3 is 9.64 Å². The van der Waals surface area contributed by atoms with E-state index >= 15 is 0 Å². The van der Waals surface area contributed by atoms with Crippen molar-refractivity contribution in [2.45, 2.75) is 33.2 Å². The Morgan fingerprint density at radius 1 is 1.30 bits per heavy atom. The molecule has 1 aromatic rings. The van der Waals surface area contributed by atoms with Crippen LogP contribution in [0.15, 0.2) is 24.3 Å². The molecule has 4 nitrogen and oxygen atoms in total. The number of carbonyl (C=O) groups excluding carboxylic acids is 1. The average molecular weight is 274 g/mol. The van der Waals surface area contributed by atoms with Crippen LogP contribution in [-0.2, 0) is 11.3 Å². The minimum absolute atomic E-state index is 0.110. The van der Waals surface area contributed by atoms with E-state index < -0.39 is 5.41 Å². The van der Waals surface area contributed by atoms with Crippen molar-refractivity contribution in [3.63, 3.8) is 0 Å². The molecule has 20 heavy (non-hydrogen) atoms. The van der Waals surface area contributed by atoms with E-state index in [1.165, 1.54) is 0 Å². The number of rotatable bonds is 6. The highest BCUT2D eigenvalue weighted by Crippen LogP contribution is 2.28. The van der Waals surface area contributed by atoms with E-state index in [0.717, 1.165) is 11.3 Å². The van der Waals surface area contributed by atoms with Crippen LogP contribution in [0.1, 0.15) is 32.3 Å². The standard InChI is InChI=1S/C16H22N2O2/c1-5-16(6-2,12-17)15(19)18(3)11-13-7-9-14(20-4)10-8-13/h7-10H,5-6,11H2,1-4H3. The Kier molecular flexibility index (Phi) is 5.57. The van der Waals surface area contributed by atoms with Gasteiger partial charge in [0.2, 0.25) is 5.91 Å². The lowest BCUT2D eigenvalue weighted by atomic mass is 9.82. The van der Waals surface area contributed by atoms with Gasteiger partial charge in [-0.25, -0.2) is 0 Å². The van der Waals surface area contributed by atoms with Crippen molar-refractivity contribution in [3.8, 4) is 11.8 Å². The Morgan fingerprint density at radius 2 is 1.85 bits per heavy atom. The second-order valence-corrected chi connectivity index (χ2v) is 4.91. The molecule has 0 spiro atoms. The van der Waals surface area contributed by atoms with Crippen molar-refractivity contribution >= 4 is 5.91 Å². The summed E-state index contributed by atoms with van der Waals surface area (Å²) in [5.41, 5.74) is 0.113. The Hall–Kier alpha value is -2.02. The maximum atomic E-state index is 12.5. The number of carbonyl (C=O) groups is 1. The fourth-order valence-electron chi connectivity index (χ4n) is 2.20. The van der Waals surface area contributed by atoms with Crippen molar-refractivity contribution in [1.29, 1.82) is 5.26 Å². The van der Waals surface area contributed by atoms with Gasteiger partial charge in [-0.1, -0.05) is 26.0 Å². The second kappa shape index (κ2) is 6.95. The summed E-state index contributed by atoms with van der Waals surface area (Å²) in [4.78, 5) is 14.1. The van der Waals surface area contributed by atoms with E-state index in [1.54, 1.807) is 19.1 Å². The number of nitrogens with zero attached hydrogens (tertiary/aromatic N) is 2. The third kappa shape index (κ3) is 3.30. The largest absolute Gasteiger partial charge is 0.497 e. The summed E-state index contributed by atoms with van der Waals surface area (Å²) in [6.07, 6.45) is 1.07. The summed E-state index contributed by atoms with van der Waals surface area (Å²) >= 11 is 0. The first-order valence-corrected chi connectivity index (χ1v) is 6.82. The van der Waals surface area contributed by atoms with E-state index in [-0.39, 0.29) is 5.91 Å². The van der Waals surface area contributed by atoms with Crippen molar-refractivity contribution < 1.29 is 9.53 Å². The van der Waals surface area contributed by atoms with Gasteiger partial charge in [0, 0.05) is 13.6 Å². The first kappa shape index (κ1) is 16.0. The molecule has 0 fully saturated rings. The van der Waals surface area contributed by atoms with Gasteiger partial charge >= 0.3 is 0 Å². The van der Waals surface area contributed by atoms with Crippen molar-refractivity contribution in [2.75, 3.05) is 14.2 Å². The van der Waals surface area contributed by atoms with Gasteiger partial charge in [0.15, 0.2) is 0 Å². The number of nitriles is 1. The summed E-state index contributed by atoms with van der Waals surface area (Å²) in [6.45, 7) is 4.25. The van der Waals surface area contributed by atoms with E-state index in [0.29, 0.717) is 19.4 Å². The van der Waals surface area contributed by atoms with Crippen LogP contribution in [0.25, 0.3) is 0 Å². The van der Waals surface area contributed by atoms with Crippen molar-refractivity contribution in [1.82, 2.24) is 4.90 Å². The minimum Gasteiger partial charge on any atom is -0.497 e. The predicted molar refractivity (Wildman–Crippen MR) is 78.1 cm³/mol. The van der Waals surface area contributed by atoms with Gasteiger partial charge in [-0.3, -0.25) is 4.79 Å². The van der Waals surface area contributed by atoms with Crippen LogP contribution in [0.3, 0.4) is 0 Å². The van der Waals surface area contributed by atoms with E-state index in [2.05, 4.69) is 6.07 Å². The molecule has 0 aliphatic carbocycles. The highest BCUT2D eigenvalue weighted by Gasteiger charge is 2.37. The lowest BCUT2D eigenvalue weighted by Gasteiger charge is -2.28. The maximum absolute atomic E-state index is 12.5. The molecule has 0 aliphatic heterocycles. The Labute approximate surface area is 121 Å². The first-order valence-electron chi connectivity index (χ1n) is 6.82. The third-order valence-electron chi connectivity index (χ3n) is 3.76. The van der Waals surface area contributed by atoms with Crippen LogP contribution in [0.5, 0.6) is 5.75 Å². The second-order valence-electron chi connectivity index (χ2n) is 4.91. The Bertz CT molecular complexity index is 484. The molecule has 0 saturated carbocycles. The quantitative estimate of drug-likeness (QED) is 0.801. The highest BCUT2D eigenvalue weighted by molar-refractivity contribution is 5.85. The Morgan fingerprint density at radius 3 is 2.25 bits per heavy atom. The lowest BCUT2D eigenvalue weighted by molar-refractivity contribution is -0.138. The zero-order chi connectivity index (χ0) is 15.2. The predicted octanol–water partition coefficient (Wildman–Crippen LogP) is 2.98. The Balaban J connectivity index is 2.81. The molecule has 108 valence electrons. The molecular formula is C16H22N2O2. The fourth-order valence-corrected chi connectivity index (χ4v) is 2.20. The van der Waals surface area contributed by atoms with Crippen LogP contribution in [0.2, 0.25) is 0 Å². The molecule has 4 heteroatoms. The van der Waals surface area contributed by atoms with Gasteiger partial charge in [0.05, 0.1) is 13.2 Å². The molecule has 0 saturated heterocycles. The molecule has 1 aromatic carbocycles. The van der Waals surface area contributed by atoms with Gasteiger partial charge in [-0.2, -0.15) is 5.26 Å². The molecular weight excluding hydrogens is 252 g/mol. The topological polar surface area (TPSA) is 53.3 Å². The van der Waals surface area contributed by atoms with Crippen LogP contribution >= 0.6 is 0 Å². The number of benzene rings is 1. The normalized spacial score (nSPS) is 10.8. The third-order valence-corrected chi connectivity index (χ3v) is 3.76. The van der Waals surface area contributed by atoms with Gasteiger partial charge in [0.1, 0.15) is 11.2 Å². The number of amides is 1. The van der Waals surface area contributed by atoms with Crippen LogP contribution < -0.4 is 4.74 Å². The maximum Gasteiger partial charge on any atom is 0.243 e. The molecule has 0 aliphatic rings. The average Bonchev–Trinajstić information content (AvgIpc) is 2.50. The smallest absolute Gasteiger partial charge is 0.243 e. The molecule has 0 radical (unpaired) electrons. The molecule has 0 atom stereocenters. The van der Waals surface area contributed by atoms with Gasteiger partial charge in [0.25, 0.3) is 0 Å². The SMILES string of the molecule is CCC(C#N)(CC)C(=O)N(C)Cc1ccc(OC)cc1. The summed E-state index contributed by atoms with van der Waals surface area (Å²) < 4.78 is 5.10. The summed E-state index contributed by atoms with van der Waals surface area (Å²) in [6, 6.07) is 9.77. The zero-order valence-corrected chi connectivity index (χ0v) is 12.6. The molecule has 0 aromatic heterocycles. The number of hydrogen-bond acceptors (Lipinski definition) is 3. The molecule has 0 heterocycles. The monoisotopic (exact) mass is 274 g/mol. The number of ether oxygens (including phenoxy) is 1. The molecule has 0 unspecified atom stereocenters. The first-order chi connectivity index (χ1) is 9.52. The van der Waals surface area contributed by atoms with Crippen LogP contribution in [-0.4, -0.2) is 25.0 Å². The van der Waals surface area contributed by atoms with Crippen LogP contribution in [0.4, 0.5) is 0 Å². The molecule has 0 bridgehead atoms. The minimum atomic E-state index is -0.902. The van der Waals surface area contributed by atoms with E-state index in [1.807, 2.05) is 38.1 Å². The lowest BCUT2D eigenvalue weighted by Crippen LogP contribution is -2.40. The summed E-state index contributed by atoms with van der Waals surface area (Å²) in [5.74, 6) is 0.678. The highest BCUT2D eigenvalue weighted by atomic mass is 16.5. The van der Waals surface area contributed by atoms with E-state index in [9.17, 15) is 10.1 Å². The molecule has 1 amide bonds. The summed E-state index contributed by atoms with van der Waals surface area (Å²) in [5, 5.41) is 9.32. The number of hydrogen-bond donors (Lipinski definition) is 0. The van der Waals surface area contributed by atoms with Crippen LogP contribution in [0, 0.1) is 16.7 Å². The molecule has 1 rings (SSSR count). The zero-order valence-electron chi connectivity index (χ0n) is 12.6. The van der Waals surface area contributed by atoms with Gasteiger partial charge in [-0.05, 0) is 30.5 Å². The van der Waals surface area contributed by atoms with E-state index in [4.69, 9.17) is 4.74 Å². The van der Waals surface area contributed by atoms with Crippen molar-refractivity contribution in [3.05, 3.63) is 29.8 Å². The fraction of sp³-hybridized carbons (Fsp3) is 0.500. The summed E-state index contributed by atoms with van der Waals surface area (Å²) in [7, 11) is 3.36.